The molecule has 0 amide bonds. The Hall–Kier alpha value is -1.56. The number of halogens is 2. The van der Waals surface area contributed by atoms with Crippen molar-refractivity contribution in [2.45, 2.75) is 19.3 Å². The van der Waals surface area contributed by atoms with E-state index in [-0.39, 0.29) is 24.8 Å². The number of hydrogen-bond acceptors (Lipinski definition) is 5. The third-order valence-corrected chi connectivity index (χ3v) is 3.84. The van der Waals surface area contributed by atoms with Gasteiger partial charge in [-0.15, -0.1) is 24.8 Å². The second-order valence-corrected chi connectivity index (χ2v) is 5.40. The summed E-state index contributed by atoms with van der Waals surface area (Å²) in [5.74, 6) is 1.27. The molecule has 126 valence electrons. The average molecular weight is 356 g/mol. The van der Waals surface area contributed by atoms with Crippen molar-refractivity contribution >= 4 is 36.6 Å². The van der Waals surface area contributed by atoms with Gasteiger partial charge in [-0.3, -0.25) is 0 Å². The van der Waals surface area contributed by atoms with E-state index in [1.165, 1.54) is 18.4 Å². The fourth-order valence-electron chi connectivity index (χ4n) is 2.72. The maximum absolute atomic E-state index is 5.88. The van der Waals surface area contributed by atoms with Crippen molar-refractivity contribution in [3.63, 3.8) is 0 Å². The molecule has 23 heavy (non-hydrogen) atoms. The van der Waals surface area contributed by atoms with Crippen LogP contribution in [0.25, 0.3) is 11.3 Å². The molecule has 4 N–H and O–H groups in total. The van der Waals surface area contributed by atoms with E-state index >= 15 is 0 Å². The number of benzene rings is 1. The topological polar surface area (TPSA) is 81.1 Å². The van der Waals surface area contributed by atoms with Crippen LogP contribution in [-0.2, 0) is 6.42 Å². The maximum Gasteiger partial charge on any atom is 0.222 e. The summed E-state index contributed by atoms with van der Waals surface area (Å²) >= 11 is 0. The Morgan fingerprint density at radius 3 is 2.26 bits per heavy atom. The molecular weight excluding hydrogens is 333 g/mol. The van der Waals surface area contributed by atoms with E-state index in [4.69, 9.17) is 11.5 Å². The molecule has 7 heteroatoms. The van der Waals surface area contributed by atoms with Crippen LogP contribution in [0.5, 0.6) is 0 Å². The fraction of sp³-hybridized carbons (Fsp3) is 0.375. The molecule has 0 radical (unpaired) electrons. The van der Waals surface area contributed by atoms with Crippen LogP contribution in [0.3, 0.4) is 0 Å². The summed E-state index contributed by atoms with van der Waals surface area (Å²) in [6.45, 7) is 2.76. The summed E-state index contributed by atoms with van der Waals surface area (Å²) in [4.78, 5) is 11.0. The van der Waals surface area contributed by atoms with Gasteiger partial charge in [-0.2, -0.15) is 4.98 Å². The number of hydrogen-bond donors (Lipinski definition) is 2. The summed E-state index contributed by atoms with van der Waals surface area (Å²) in [5.41, 5.74) is 14.6. The Labute approximate surface area is 149 Å². The first-order valence-corrected chi connectivity index (χ1v) is 7.45. The molecule has 3 rings (SSSR count). The first-order chi connectivity index (χ1) is 10.3. The average Bonchev–Trinajstić information content (AvgIpc) is 3.02. The molecule has 0 unspecified atom stereocenters. The quantitative estimate of drug-likeness (QED) is 0.880. The molecule has 1 saturated heterocycles. The normalized spacial score (nSPS) is 13.3. The Kier molecular flexibility index (Phi) is 7.55. The minimum atomic E-state index is 0. The summed E-state index contributed by atoms with van der Waals surface area (Å²) in [6, 6.07) is 10.4. The predicted molar refractivity (Wildman–Crippen MR) is 101 cm³/mol. The van der Waals surface area contributed by atoms with Crippen molar-refractivity contribution in [1.82, 2.24) is 9.97 Å². The van der Waals surface area contributed by atoms with Crippen LogP contribution in [0.4, 0.5) is 11.8 Å². The van der Waals surface area contributed by atoms with Crippen molar-refractivity contribution in [2.75, 3.05) is 30.3 Å². The standard InChI is InChI=1S/C16H21N5.2ClH/c17-8-7-12-3-5-13(6-4-12)14-11-15(20-16(18)19-14)21-9-1-2-10-21;;/h3-6,11H,1-2,7-10,17H2,(H2,18,19,20);2*1H. The van der Waals surface area contributed by atoms with Crippen LogP contribution in [0, 0.1) is 0 Å². The van der Waals surface area contributed by atoms with Gasteiger partial charge in [0, 0.05) is 24.7 Å². The van der Waals surface area contributed by atoms with Crippen molar-refractivity contribution in [3.05, 3.63) is 35.9 Å². The minimum absolute atomic E-state index is 0. The molecule has 5 nitrogen and oxygen atoms in total. The zero-order valence-corrected chi connectivity index (χ0v) is 14.6. The van der Waals surface area contributed by atoms with E-state index in [1.807, 2.05) is 6.07 Å². The highest BCUT2D eigenvalue weighted by Crippen LogP contribution is 2.25. The van der Waals surface area contributed by atoms with Gasteiger partial charge in [0.1, 0.15) is 5.82 Å². The lowest BCUT2D eigenvalue weighted by molar-refractivity contribution is 0.932. The number of anilines is 2. The van der Waals surface area contributed by atoms with E-state index in [2.05, 4.69) is 39.1 Å². The van der Waals surface area contributed by atoms with E-state index in [9.17, 15) is 0 Å². The molecule has 0 bridgehead atoms. The van der Waals surface area contributed by atoms with Gasteiger partial charge >= 0.3 is 0 Å². The summed E-state index contributed by atoms with van der Waals surface area (Å²) < 4.78 is 0. The molecular formula is C16H23Cl2N5. The first kappa shape index (κ1) is 19.5. The smallest absolute Gasteiger partial charge is 0.222 e. The van der Waals surface area contributed by atoms with Gasteiger partial charge in [-0.25, -0.2) is 4.98 Å². The molecule has 1 fully saturated rings. The van der Waals surface area contributed by atoms with Crippen molar-refractivity contribution in [2.24, 2.45) is 5.73 Å². The van der Waals surface area contributed by atoms with Crippen molar-refractivity contribution < 1.29 is 0 Å². The number of aromatic nitrogens is 2. The molecule has 1 aliphatic rings. The molecule has 0 atom stereocenters. The highest BCUT2D eigenvalue weighted by atomic mass is 35.5. The molecule has 1 aromatic carbocycles. The Bertz CT molecular complexity index is 612. The predicted octanol–water partition coefficient (Wildman–Crippen LogP) is 2.67. The molecule has 2 heterocycles. The fourth-order valence-corrected chi connectivity index (χ4v) is 2.72. The van der Waals surface area contributed by atoms with Crippen molar-refractivity contribution in [3.8, 4) is 11.3 Å². The third-order valence-electron chi connectivity index (χ3n) is 3.84. The minimum Gasteiger partial charge on any atom is -0.368 e. The van der Waals surface area contributed by atoms with Gasteiger partial charge in [0.25, 0.3) is 0 Å². The molecule has 0 saturated carbocycles. The van der Waals surface area contributed by atoms with Crippen LogP contribution in [0.1, 0.15) is 18.4 Å². The zero-order valence-electron chi connectivity index (χ0n) is 12.9. The van der Waals surface area contributed by atoms with Crippen LogP contribution in [-0.4, -0.2) is 29.6 Å². The van der Waals surface area contributed by atoms with E-state index in [0.29, 0.717) is 12.5 Å². The third kappa shape index (κ3) is 4.70. The highest BCUT2D eigenvalue weighted by Gasteiger charge is 2.15. The van der Waals surface area contributed by atoms with E-state index in [0.717, 1.165) is 36.6 Å². The summed E-state index contributed by atoms with van der Waals surface area (Å²) in [7, 11) is 0. The molecule has 1 aromatic heterocycles. The van der Waals surface area contributed by atoms with Crippen LogP contribution in [0.2, 0.25) is 0 Å². The highest BCUT2D eigenvalue weighted by molar-refractivity contribution is 5.85. The molecule has 0 spiro atoms. The number of nitrogens with zero attached hydrogens (tertiary/aromatic N) is 3. The van der Waals surface area contributed by atoms with E-state index < -0.39 is 0 Å². The number of rotatable bonds is 4. The van der Waals surface area contributed by atoms with Gasteiger partial charge in [0.15, 0.2) is 0 Å². The number of nitrogens with two attached hydrogens (primary N) is 2. The van der Waals surface area contributed by atoms with Crippen LogP contribution in [0.15, 0.2) is 30.3 Å². The maximum atomic E-state index is 5.88. The second-order valence-electron chi connectivity index (χ2n) is 5.40. The largest absolute Gasteiger partial charge is 0.368 e. The summed E-state index contributed by atoms with van der Waals surface area (Å²) in [6.07, 6.45) is 3.32. The van der Waals surface area contributed by atoms with Gasteiger partial charge in [0.05, 0.1) is 5.69 Å². The Morgan fingerprint density at radius 2 is 1.65 bits per heavy atom. The summed E-state index contributed by atoms with van der Waals surface area (Å²) in [5, 5.41) is 0. The lowest BCUT2D eigenvalue weighted by Gasteiger charge is -2.17. The van der Waals surface area contributed by atoms with Gasteiger partial charge in [-0.05, 0) is 31.4 Å². The SMILES string of the molecule is Cl.Cl.NCCc1ccc(-c2cc(N3CCCC3)nc(N)n2)cc1. The molecule has 1 aliphatic heterocycles. The second kappa shape index (κ2) is 8.91. The first-order valence-electron chi connectivity index (χ1n) is 7.45. The Morgan fingerprint density at radius 1 is 1.00 bits per heavy atom. The van der Waals surface area contributed by atoms with Gasteiger partial charge in [0.2, 0.25) is 5.95 Å². The lowest BCUT2D eigenvalue weighted by atomic mass is 10.1. The van der Waals surface area contributed by atoms with Gasteiger partial charge in [-0.1, -0.05) is 24.3 Å². The monoisotopic (exact) mass is 355 g/mol. The molecule has 0 aliphatic carbocycles. The van der Waals surface area contributed by atoms with E-state index in [1.54, 1.807) is 0 Å². The van der Waals surface area contributed by atoms with Gasteiger partial charge < -0.3 is 16.4 Å². The van der Waals surface area contributed by atoms with Crippen LogP contribution >= 0.6 is 24.8 Å². The number of nitrogen functional groups attached to an aromatic ring is 1. The zero-order chi connectivity index (χ0) is 14.7. The Balaban J connectivity index is 0.00000132. The van der Waals surface area contributed by atoms with Crippen LogP contribution < -0.4 is 16.4 Å². The lowest BCUT2D eigenvalue weighted by Crippen LogP contribution is -2.19. The molecule has 2 aromatic rings. The van der Waals surface area contributed by atoms with Crippen molar-refractivity contribution in [1.29, 1.82) is 0 Å².